The molecular formula is C25H25N7O2. The number of imidazole rings is 1. The van der Waals surface area contributed by atoms with Gasteiger partial charge in [0.15, 0.2) is 17.3 Å². The van der Waals surface area contributed by atoms with Crippen molar-refractivity contribution in [2.24, 2.45) is 7.05 Å². The molecule has 0 bridgehead atoms. The highest BCUT2D eigenvalue weighted by molar-refractivity contribution is 5.73. The second-order valence-electron chi connectivity index (χ2n) is 8.43. The lowest BCUT2D eigenvalue weighted by atomic mass is 9.97. The van der Waals surface area contributed by atoms with Gasteiger partial charge in [0.05, 0.1) is 19.9 Å². The van der Waals surface area contributed by atoms with Crippen molar-refractivity contribution in [3.63, 3.8) is 0 Å². The van der Waals surface area contributed by atoms with E-state index in [4.69, 9.17) is 9.72 Å². The van der Waals surface area contributed by atoms with Crippen molar-refractivity contribution >= 4 is 11.2 Å². The fourth-order valence-electron chi connectivity index (χ4n) is 4.04. The summed E-state index contributed by atoms with van der Waals surface area (Å²) in [5.41, 5.74) is 4.93. The molecule has 0 fully saturated rings. The fraction of sp³-hybridized carbons (Fsp3) is 0.240. The summed E-state index contributed by atoms with van der Waals surface area (Å²) in [5.74, 6) is 1.52. The van der Waals surface area contributed by atoms with Crippen LogP contribution >= 0.6 is 0 Å². The molecular weight excluding hydrogens is 430 g/mol. The van der Waals surface area contributed by atoms with Crippen LogP contribution in [-0.4, -0.2) is 41.4 Å². The van der Waals surface area contributed by atoms with E-state index in [1.807, 2.05) is 42.5 Å². The molecule has 0 radical (unpaired) electrons. The van der Waals surface area contributed by atoms with Crippen LogP contribution in [0.4, 0.5) is 0 Å². The van der Waals surface area contributed by atoms with Gasteiger partial charge in [0.2, 0.25) is 0 Å². The van der Waals surface area contributed by atoms with Crippen LogP contribution in [0.5, 0.6) is 6.01 Å². The maximum atomic E-state index is 12.7. The minimum absolute atomic E-state index is 0.223. The van der Waals surface area contributed by atoms with E-state index in [-0.39, 0.29) is 5.69 Å². The van der Waals surface area contributed by atoms with Gasteiger partial charge >= 0.3 is 11.7 Å². The van der Waals surface area contributed by atoms with Crippen molar-refractivity contribution in [1.29, 1.82) is 0 Å². The average Bonchev–Trinajstić information content (AvgIpc) is 3.38. The summed E-state index contributed by atoms with van der Waals surface area (Å²) in [5, 5.41) is 4.37. The number of H-pyrrole nitrogens is 1. The summed E-state index contributed by atoms with van der Waals surface area (Å²) in [4.78, 5) is 29.3. The molecule has 0 aliphatic rings. The van der Waals surface area contributed by atoms with Gasteiger partial charge < -0.3 is 9.72 Å². The molecule has 9 heteroatoms. The van der Waals surface area contributed by atoms with Crippen LogP contribution in [0, 0.1) is 0 Å². The molecule has 9 nitrogen and oxygen atoms in total. The van der Waals surface area contributed by atoms with Crippen molar-refractivity contribution in [1.82, 2.24) is 34.3 Å². The molecule has 0 spiro atoms. The quantitative estimate of drug-likeness (QED) is 0.418. The molecule has 0 amide bonds. The molecule has 0 aliphatic heterocycles. The Bertz CT molecular complexity index is 1530. The highest BCUT2D eigenvalue weighted by Gasteiger charge is 2.15. The number of hydrogen-bond donors (Lipinski definition) is 1. The second kappa shape index (κ2) is 8.58. The number of aryl methyl sites for hydroxylation is 1. The lowest BCUT2D eigenvalue weighted by molar-refractivity contribution is 0.359. The summed E-state index contributed by atoms with van der Waals surface area (Å²) < 4.78 is 8.41. The molecule has 3 heterocycles. The lowest BCUT2D eigenvalue weighted by Gasteiger charge is -2.11. The van der Waals surface area contributed by atoms with Crippen LogP contribution in [0.2, 0.25) is 0 Å². The van der Waals surface area contributed by atoms with Gasteiger partial charge in [0.25, 0.3) is 0 Å². The van der Waals surface area contributed by atoms with Gasteiger partial charge in [-0.3, -0.25) is 4.57 Å². The normalized spacial score (nSPS) is 11.4. The highest BCUT2D eigenvalue weighted by Crippen LogP contribution is 2.27. The van der Waals surface area contributed by atoms with Crippen LogP contribution in [-0.2, 0) is 13.6 Å². The molecule has 5 aromatic rings. The van der Waals surface area contributed by atoms with E-state index in [1.165, 1.54) is 5.56 Å². The van der Waals surface area contributed by atoms with Gasteiger partial charge in [-0.2, -0.15) is 4.98 Å². The first-order valence-electron chi connectivity index (χ1n) is 11.0. The number of benzene rings is 2. The molecule has 2 aromatic carbocycles. The molecule has 0 saturated carbocycles. The molecule has 0 unspecified atom stereocenters. The van der Waals surface area contributed by atoms with Crippen LogP contribution in [0.3, 0.4) is 0 Å². The number of nitrogens with zero attached hydrogens (tertiary/aromatic N) is 6. The van der Waals surface area contributed by atoms with Gasteiger partial charge in [-0.1, -0.05) is 62.4 Å². The number of aromatic amines is 1. The van der Waals surface area contributed by atoms with E-state index in [0.717, 1.165) is 16.7 Å². The zero-order valence-electron chi connectivity index (χ0n) is 19.5. The predicted octanol–water partition coefficient (Wildman–Crippen LogP) is 3.76. The number of methoxy groups -OCH3 is 1. The minimum atomic E-state index is -0.223. The second-order valence-corrected chi connectivity index (χ2v) is 8.43. The van der Waals surface area contributed by atoms with Crippen molar-refractivity contribution in [3.8, 4) is 28.8 Å². The van der Waals surface area contributed by atoms with Crippen molar-refractivity contribution in [2.75, 3.05) is 7.11 Å². The maximum absolute atomic E-state index is 12.7. The van der Waals surface area contributed by atoms with Gasteiger partial charge in [0, 0.05) is 18.2 Å². The molecule has 3 aromatic heterocycles. The summed E-state index contributed by atoms with van der Waals surface area (Å²) in [6.45, 7) is 4.66. The standard InChI is InChI=1S/C25H25N7O2/c1-15(2)18-7-5-6-8-19(18)22-26-13-20-23(28-22)32(24(33)27-20)14-16-9-11-17(12-10-16)21-29-25(34-4)31(3)30-21/h5-13,15H,14H2,1-4H3,(H,27,33). The number of fused-ring (bicyclic) bond motifs is 1. The molecule has 1 N–H and O–H groups in total. The number of aromatic nitrogens is 7. The Labute approximate surface area is 196 Å². The van der Waals surface area contributed by atoms with E-state index < -0.39 is 0 Å². The Balaban J connectivity index is 1.49. The summed E-state index contributed by atoms with van der Waals surface area (Å²) in [6.07, 6.45) is 1.68. The van der Waals surface area contributed by atoms with E-state index in [0.29, 0.717) is 41.3 Å². The Hall–Kier alpha value is -4.27. The minimum Gasteiger partial charge on any atom is -0.467 e. The SMILES string of the molecule is COc1nc(-c2ccc(Cn3c(=O)[nH]c4cnc(-c5ccccc5C(C)C)nc43)cc2)nn1C. The Kier molecular flexibility index (Phi) is 5.45. The zero-order valence-corrected chi connectivity index (χ0v) is 19.5. The number of ether oxygens (including phenoxy) is 1. The van der Waals surface area contributed by atoms with Crippen molar-refractivity contribution < 1.29 is 4.74 Å². The summed E-state index contributed by atoms with van der Waals surface area (Å²) in [6, 6.07) is 16.3. The largest absolute Gasteiger partial charge is 0.467 e. The van der Waals surface area contributed by atoms with Crippen LogP contribution in [0.25, 0.3) is 33.9 Å². The molecule has 172 valence electrons. The number of rotatable bonds is 6. The smallest absolute Gasteiger partial charge is 0.328 e. The first-order chi connectivity index (χ1) is 16.4. The highest BCUT2D eigenvalue weighted by atomic mass is 16.5. The molecule has 0 atom stereocenters. The van der Waals surface area contributed by atoms with Crippen LogP contribution < -0.4 is 10.4 Å². The predicted molar refractivity (Wildman–Crippen MR) is 130 cm³/mol. The lowest BCUT2D eigenvalue weighted by Crippen LogP contribution is -2.17. The molecule has 0 aliphatic carbocycles. The maximum Gasteiger partial charge on any atom is 0.328 e. The monoisotopic (exact) mass is 455 g/mol. The first-order valence-corrected chi connectivity index (χ1v) is 11.0. The topological polar surface area (TPSA) is 104 Å². The van der Waals surface area contributed by atoms with Crippen LogP contribution in [0.15, 0.2) is 59.5 Å². The van der Waals surface area contributed by atoms with Gasteiger partial charge in [-0.15, -0.1) is 5.10 Å². The number of nitrogens with one attached hydrogen (secondary N) is 1. The Morgan fingerprint density at radius 3 is 2.50 bits per heavy atom. The fourth-order valence-corrected chi connectivity index (χ4v) is 4.04. The van der Waals surface area contributed by atoms with Crippen molar-refractivity contribution in [2.45, 2.75) is 26.3 Å². The molecule has 34 heavy (non-hydrogen) atoms. The molecule has 5 rings (SSSR count). The Morgan fingerprint density at radius 1 is 1.03 bits per heavy atom. The van der Waals surface area contributed by atoms with Crippen LogP contribution in [0.1, 0.15) is 30.9 Å². The van der Waals surface area contributed by atoms with E-state index in [1.54, 1.807) is 29.6 Å². The third-order valence-electron chi connectivity index (χ3n) is 5.79. The van der Waals surface area contributed by atoms with Gasteiger partial charge in [-0.25, -0.2) is 19.4 Å². The Morgan fingerprint density at radius 2 is 1.79 bits per heavy atom. The first kappa shape index (κ1) is 21.6. The van der Waals surface area contributed by atoms with Gasteiger partial charge in [-0.05, 0) is 17.0 Å². The van der Waals surface area contributed by atoms with Gasteiger partial charge in [0.1, 0.15) is 5.52 Å². The summed E-state index contributed by atoms with van der Waals surface area (Å²) in [7, 11) is 3.34. The van der Waals surface area contributed by atoms with E-state index >= 15 is 0 Å². The van der Waals surface area contributed by atoms with E-state index in [2.05, 4.69) is 40.0 Å². The van der Waals surface area contributed by atoms with Crippen molar-refractivity contribution in [3.05, 3.63) is 76.3 Å². The summed E-state index contributed by atoms with van der Waals surface area (Å²) >= 11 is 0. The third kappa shape index (κ3) is 3.85. The number of hydrogen-bond acceptors (Lipinski definition) is 6. The third-order valence-corrected chi connectivity index (χ3v) is 5.79. The van der Waals surface area contributed by atoms with E-state index in [9.17, 15) is 4.79 Å². The molecule has 0 saturated heterocycles. The zero-order chi connectivity index (χ0) is 23.8. The average molecular weight is 456 g/mol.